The zero-order valence-corrected chi connectivity index (χ0v) is 25.1. The van der Waals surface area contributed by atoms with Crippen LogP contribution in [0.4, 0.5) is 5.69 Å². The summed E-state index contributed by atoms with van der Waals surface area (Å²) in [5.74, 6) is -0.700. The van der Waals surface area contributed by atoms with Gasteiger partial charge in [-0.15, -0.1) is 0 Å². The van der Waals surface area contributed by atoms with Crippen LogP contribution < -0.4 is 14.2 Å². The average molecular weight is 614 g/mol. The number of nitrogens with zero attached hydrogens (tertiary/aromatic N) is 2. The number of hydrogen-bond donors (Lipinski definition) is 2. The van der Waals surface area contributed by atoms with Crippen LogP contribution in [0.15, 0.2) is 78.2 Å². The highest BCUT2D eigenvalue weighted by Crippen LogP contribution is 2.42. The minimum Gasteiger partial charge on any atom is -0.439 e. The Morgan fingerprint density at radius 1 is 0.951 bits per heavy atom. The molecule has 0 atom stereocenters. The molecule has 5 rings (SSSR count). The number of hydrogen-bond acceptors (Lipinski definition) is 7. The second-order valence-electron chi connectivity index (χ2n) is 9.83. The number of aromatic nitrogens is 1. The van der Waals surface area contributed by atoms with Crippen LogP contribution in [0, 0.1) is 13.8 Å². The molecule has 0 fully saturated rings. The smallest absolute Gasteiger partial charge is 0.326 e. The molecule has 0 radical (unpaired) electrons. The summed E-state index contributed by atoms with van der Waals surface area (Å²) < 4.78 is 75.7. The molecule has 12 heteroatoms. The second kappa shape index (κ2) is 11.0. The number of thiazole rings is 1. The lowest BCUT2D eigenvalue weighted by Gasteiger charge is -2.17. The molecule has 1 aliphatic rings. The molecule has 41 heavy (non-hydrogen) atoms. The zero-order chi connectivity index (χ0) is 29.5. The van der Waals surface area contributed by atoms with Gasteiger partial charge >= 0.3 is 10.1 Å². The fourth-order valence-electron chi connectivity index (χ4n) is 4.64. The lowest BCUT2D eigenvalue weighted by Crippen LogP contribution is -2.39. The Bertz CT molecular complexity index is 1930. The molecule has 0 aliphatic carbocycles. The van der Waals surface area contributed by atoms with Gasteiger partial charge < -0.3 is 4.74 Å². The first-order chi connectivity index (χ1) is 19.3. The van der Waals surface area contributed by atoms with Gasteiger partial charge in [0.2, 0.25) is 11.4 Å². The number of benzene rings is 3. The lowest BCUT2D eigenvalue weighted by molar-refractivity contribution is -0.649. The Hall–Kier alpha value is -3.55. The maximum Gasteiger partial charge on any atom is 0.326 e. The number of allylic oxidation sites excluding steroid dienone is 2. The predicted molar refractivity (Wildman–Crippen MR) is 161 cm³/mol. The highest BCUT2D eigenvalue weighted by molar-refractivity contribution is 7.85. The monoisotopic (exact) mass is 613 g/mol. The summed E-state index contributed by atoms with van der Waals surface area (Å²) in [6.07, 6.45) is 3.96. The summed E-state index contributed by atoms with van der Waals surface area (Å²) in [6.45, 7) is 5.81. The van der Waals surface area contributed by atoms with Crippen LogP contribution in [-0.2, 0) is 26.1 Å². The SMILES string of the molecule is CCC(=Cc1sc2cc(C)c(C)cc2[n+]1CS(=O)(=O)O)C=C1Oc2ccc(-c3ccccc3)cc2N1CS(=O)(=O)O. The number of fused-ring (bicyclic) bond motifs is 2. The third-order valence-electron chi connectivity index (χ3n) is 6.79. The van der Waals surface area contributed by atoms with E-state index in [2.05, 4.69) is 0 Å². The molecule has 0 saturated heterocycles. The maximum atomic E-state index is 12.0. The third-order valence-corrected chi connectivity index (χ3v) is 9.06. The van der Waals surface area contributed by atoms with Crippen LogP contribution in [0.1, 0.15) is 29.5 Å². The molecule has 2 heterocycles. The Morgan fingerprint density at radius 2 is 1.66 bits per heavy atom. The van der Waals surface area contributed by atoms with Crippen LogP contribution in [-0.4, -0.2) is 31.8 Å². The number of rotatable bonds is 8. The van der Waals surface area contributed by atoms with Gasteiger partial charge in [0.15, 0.2) is 11.6 Å². The van der Waals surface area contributed by atoms with E-state index in [0.29, 0.717) is 34.0 Å². The van der Waals surface area contributed by atoms with E-state index in [-0.39, 0.29) is 5.88 Å². The predicted octanol–water partition coefficient (Wildman–Crippen LogP) is 5.70. The van der Waals surface area contributed by atoms with Crippen molar-refractivity contribution in [3.05, 3.63) is 94.3 Å². The van der Waals surface area contributed by atoms with E-state index >= 15 is 0 Å². The van der Waals surface area contributed by atoms with Crippen LogP contribution in [0.25, 0.3) is 27.4 Å². The highest BCUT2D eigenvalue weighted by atomic mass is 32.2. The van der Waals surface area contributed by atoms with Crippen molar-refractivity contribution in [3.63, 3.8) is 0 Å². The summed E-state index contributed by atoms with van der Waals surface area (Å²) in [5, 5.41) is 0.583. The highest BCUT2D eigenvalue weighted by Gasteiger charge is 2.31. The molecule has 1 aliphatic heterocycles. The molecule has 2 N–H and O–H groups in total. The first-order valence-electron chi connectivity index (χ1n) is 12.7. The molecular formula is C29H29N2O7S3+. The van der Waals surface area contributed by atoms with Crippen molar-refractivity contribution in [2.24, 2.45) is 0 Å². The molecule has 214 valence electrons. The van der Waals surface area contributed by atoms with Crippen molar-refractivity contribution in [1.29, 1.82) is 0 Å². The van der Waals surface area contributed by atoms with Crippen molar-refractivity contribution in [2.45, 2.75) is 33.1 Å². The molecular weight excluding hydrogens is 585 g/mol. The van der Waals surface area contributed by atoms with Gasteiger partial charge in [-0.3, -0.25) is 14.0 Å². The average Bonchev–Trinajstić information content (AvgIpc) is 3.38. The van der Waals surface area contributed by atoms with E-state index in [0.717, 1.165) is 27.0 Å². The minimum atomic E-state index is -4.43. The summed E-state index contributed by atoms with van der Waals surface area (Å²) in [6, 6.07) is 18.9. The Balaban J connectivity index is 1.61. The second-order valence-corrected chi connectivity index (χ2v) is 13.7. The van der Waals surface area contributed by atoms with Crippen molar-refractivity contribution in [3.8, 4) is 16.9 Å². The van der Waals surface area contributed by atoms with Gasteiger partial charge in [-0.05, 0) is 66.3 Å². The summed E-state index contributed by atoms with van der Waals surface area (Å²) in [5.41, 5.74) is 5.70. The van der Waals surface area contributed by atoms with Gasteiger partial charge in [0, 0.05) is 18.2 Å². The molecule has 0 amide bonds. The number of ether oxygens (including phenoxy) is 1. The van der Waals surface area contributed by atoms with Gasteiger partial charge in [0.1, 0.15) is 4.70 Å². The standard InChI is InChI=1S/C29H28N2O7S3/c1-4-21(15-29-31(18-41(35,36)37)25-12-19(2)20(3)13-27(25)39-29)14-28-30(17-40(32,33)34)24-16-23(10-11-26(24)38-28)22-8-6-5-7-9-22/h5-16H,4,17-18H2,1-3H3,(H-,32,33,34,35,36,37)/p+1. The first-order valence-corrected chi connectivity index (χ1v) is 16.8. The summed E-state index contributed by atoms with van der Waals surface area (Å²) in [7, 11) is -8.77. The van der Waals surface area contributed by atoms with Gasteiger partial charge in [-0.1, -0.05) is 54.7 Å². The van der Waals surface area contributed by atoms with E-state index in [4.69, 9.17) is 4.74 Å². The topological polar surface area (TPSA) is 125 Å². The largest absolute Gasteiger partial charge is 0.439 e. The normalized spacial score (nSPS) is 15.0. The van der Waals surface area contributed by atoms with Crippen molar-refractivity contribution >= 4 is 53.6 Å². The number of aryl methyl sites for hydroxylation is 2. The number of anilines is 1. The fraction of sp³-hybridized carbons (Fsp3) is 0.207. The van der Waals surface area contributed by atoms with E-state index in [1.807, 2.05) is 75.4 Å². The Labute approximate surface area is 243 Å². The summed E-state index contributed by atoms with van der Waals surface area (Å²) in [4.78, 5) is 1.39. The maximum absolute atomic E-state index is 12.0. The van der Waals surface area contributed by atoms with E-state index in [1.165, 1.54) is 16.2 Å². The van der Waals surface area contributed by atoms with E-state index in [9.17, 15) is 25.9 Å². The van der Waals surface area contributed by atoms with Gasteiger partial charge in [0.05, 0.1) is 5.69 Å². The van der Waals surface area contributed by atoms with Gasteiger partial charge in [-0.25, -0.2) is 0 Å². The molecule has 0 saturated carbocycles. The van der Waals surface area contributed by atoms with Crippen LogP contribution >= 0.6 is 11.3 Å². The Morgan fingerprint density at radius 3 is 2.32 bits per heavy atom. The Kier molecular flexibility index (Phi) is 7.79. The molecule has 0 bridgehead atoms. The van der Waals surface area contributed by atoms with E-state index in [1.54, 1.807) is 22.8 Å². The lowest BCUT2D eigenvalue weighted by atomic mass is 10.0. The van der Waals surface area contributed by atoms with Crippen LogP contribution in [0.3, 0.4) is 0 Å². The van der Waals surface area contributed by atoms with Gasteiger partial charge in [-0.2, -0.15) is 21.4 Å². The van der Waals surface area contributed by atoms with Crippen LogP contribution in [0.5, 0.6) is 5.75 Å². The molecule has 3 aromatic carbocycles. The summed E-state index contributed by atoms with van der Waals surface area (Å²) >= 11 is 1.38. The van der Waals surface area contributed by atoms with Crippen molar-refractivity contribution < 1.29 is 35.2 Å². The fourth-order valence-corrected chi connectivity index (χ4v) is 7.13. The zero-order valence-electron chi connectivity index (χ0n) is 22.6. The first kappa shape index (κ1) is 29.0. The third kappa shape index (κ3) is 6.52. The molecule has 9 nitrogen and oxygen atoms in total. The molecule has 0 unspecified atom stereocenters. The van der Waals surface area contributed by atoms with Gasteiger partial charge in [0.25, 0.3) is 21.0 Å². The molecule has 0 spiro atoms. The van der Waals surface area contributed by atoms with E-state index < -0.39 is 32.0 Å². The quantitative estimate of drug-likeness (QED) is 0.192. The molecule has 1 aromatic heterocycles. The molecule has 4 aromatic rings. The minimum absolute atomic E-state index is 0.199. The van der Waals surface area contributed by atoms with Crippen molar-refractivity contribution in [1.82, 2.24) is 0 Å². The van der Waals surface area contributed by atoms with Crippen LogP contribution in [0.2, 0.25) is 0 Å². The van der Waals surface area contributed by atoms with Crippen molar-refractivity contribution in [2.75, 3.05) is 10.8 Å².